The monoisotopic (exact) mass is 244 g/mol. The fourth-order valence-corrected chi connectivity index (χ4v) is 1.87. The molecule has 0 heterocycles. The number of nitrogens with two attached hydrogens (primary N) is 1. The van der Waals surface area contributed by atoms with Gasteiger partial charge in [0.15, 0.2) is 0 Å². The van der Waals surface area contributed by atoms with Crippen molar-refractivity contribution in [1.29, 1.82) is 5.26 Å². The normalized spacial score (nSPS) is 11.9. The van der Waals surface area contributed by atoms with E-state index < -0.39 is 6.04 Å². The number of hydrogen-bond donors (Lipinski definition) is 1. The number of nitrogens with zero attached hydrogens (tertiary/aromatic N) is 1. The average Bonchev–Trinajstić information content (AvgIpc) is 2.17. The van der Waals surface area contributed by atoms with E-state index in [-0.39, 0.29) is 6.42 Å². The van der Waals surface area contributed by atoms with Gasteiger partial charge in [0.25, 0.3) is 0 Å². The van der Waals surface area contributed by atoms with Crippen LogP contribution >= 0.6 is 23.2 Å². The number of ether oxygens (including phenoxy) is 1. The molecule has 3 nitrogen and oxygen atoms in total. The first-order chi connectivity index (χ1) is 7.10. The molecule has 0 spiro atoms. The Balaban J connectivity index is 3.20. The summed E-state index contributed by atoms with van der Waals surface area (Å²) < 4.78 is 5.12. The predicted molar refractivity (Wildman–Crippen MR) is 60.2 cm³/mol. The summed E-state index contributed by atoms with van der Waals surface area (Å²) in [5.74, 6) is 0.476. The second-order valence-electron chi connectivity index (χ2n) is 2.98. The molecule has 1 rings (SSSR count). The van der Waals surface area contributed by atoms with Gasteiger partial charge < -0.3 is 10.5 Å². The molecule has 5 heteroatoms. The molecule has 0 aromatic heterocycles. The molecule has 0 saturated heterocycles. The van der Waals surface area contributed by atoms with Gasteiger partial charge in [-0.25, -0.2) is 0 Å². The van der Waals surface area contributed by atoms with Crippen molar-refractivity contribution in [3.05, 3.63) is 27.7 Å². The minimum absolute atomic E-state index is 0.188. The zero-order valence-corrected chi connectivity index (χ0v) is 9.64. The Morgan fingerprint density at radius 1 is 1.53 bits per heavy atom. The van der Waals surface area contributed by atoms with Gasteiger partial charge in [-0.15, -0.1) is 0 Å². The molecule has 0 aliphatic rings. The topological polar surface area (TPSA) is 59.0 Å². The Morgan fingerprint density at radius 3 is 2.73 bits per heavy atom. The van der Waals surface area contributed by atoms with Crippen LogP contribution in [0.3, 0.4) is 0 Å². The van der Waals surface area contributed by atoms with Crippen molar-refractivity contribution in [3.8, 4) is 11.8 Å². The Bertz CT molecular complexity index is 401. The summed E-state index contributed by atoms with van der Waals surface area (Å²) in [5, 5.41) is 9.44. The lowest BCUT2D eigenvalue weighted by Gasteiger charge is -2.14. The summed E-state index contributed by atoms with van der Waals surface area (Å²) in [5.41, 5.74) is 6.45. The van der Waals surface area contributed by atoms with Crippen LogP contribution in [0.15, 0.2) is 12.1 Å². The van der Waals surface area contributed by atoms with E-state index in [1.807, 2.05) is 6.07 Å². The van der Waals surface area contributed by atoms with Crippen molar-refractivity contribution < 1.29 is 4.74 Å². The number of benzene rings is 1. The molecule has 1 aromatic carbocycles. The maximum atomic E-state index is 8.56. The van der Waals surface area contributed by atoms with Crippen molar-refractivity contribution in [1.82, 2.24) is 0 Å². The smallest absolute Gasteiger partial charge is 0.142 e. The third kappa shape index (κ3) is 2.75. The first-order valence-corrected chi connectivity index (χ1v) is 5.01. The van der Waals surface area contributed by atoms with Crippen molar-refractivity contribution in [2.75, 3.05) is 7.11 Å². The standard InChI is InChI=1S/C10H10Cl2N2O/c1-15-10-7(9(14)2-3-13)4-6(11)5-8(10)12/h4-5,9H,2,14H2,1H3. The first kappa shape index (κ1) is 12.1. The Kier molecular flexibility index (Phi) is 4.22. The molecule has 80 valence electrons. The molecule has 1 unspecified atom stereocenters. The SMILES string of the molecule is COc1c(Cl)cc(Cl)cc1C(N)CC#N. The molecule has 0 radical (unpaired) electrons. The molecule has 0 aliphatic carbocycles. The molecule has 0 bridgehead atoms. The molecule has 0 saturated carbocycles. The minimum Gasteiger partial charge on any atom is -0.495 e. The fraction of sp³-hybridized carbons (Fsp3) is 0.300. The molecule has 15 heavy (non-hydrogen) atoms. The maximum Gasteiger partial charge on any atom is 0.142 e. The lowest BCUT2D eigenvalue weighted by molar-refractivity contribution is 0.406. The van der Waals surface area contributed by atoms with Crippen molar-refractivity contribution in [2.24, 2.45) is 5.73 Å². The molecule has 2 N–H and O–H groups in total. The van der Waals surface area contributed by atoms with E-state index in [0.29, 0.717) is 21.4 Å². The Morgan fingerprint density at radius 2 is 2.20 bits per heavy atom. The van der Waals surface area contributed by atoms with Crippen LogP contribution in [0.1, 0.15) is 18.0 Å². The van der Waals surface area contributed by atoms with E-state index in [0.717, 1.165) is 0 Å². The summed E-state index contributed by atoms with van der Waals surface area (Å²) in [6.07, 6.45) is 0.188. The molecule has 0 fully saturated rings. The highest BCUT2D eigenvalue weighted by Crippen LogP contribution is 2.35. The second-order valence-corrected chi connectivity index (χ2v) is 3.82. The zero-order chi connectivity index (χ0) is 11.4. The highest BCUT2D eigenvalue weighted by atomic mass is 35.5. The van der Waals surface area contributed by atoms with Gasteiger partial charge in [-0.3, -0.25) is 0 Å². The van der Waals surface area contributed by atoms with Gasteiger partial charge in [0.2, 0.25) is 0 Å². The fourth-order valence-electron chi connectivity index (χ4n) is 1.28. The van der Waals surface area contributed by atoms with Crippen LogP contribution in [-0.2, 0) is 0 Å². The van der Waals surface area contributed by atoms with E-state index >= 15 is 0 Å². The quantitative estimate of drug-likeness (QED) is 0.890. The number of rotatable bonds is 3. The molecule has 1 atom stereocenters. The minimum atomic E-state index is -0.443. The summed E-state index contributed by atoms with van der Waals surface area (Å²) in [6, 6.07) is 4.78. The van der Waals surface area contributed by atoms with Crippen LogP contribution in [0.4, 0.5) is 0 Å². The number of hydrogen-bond acceptors (Lipinski definition) is 3. The summed E-state index contributed by atoms with van der Waals surface area (Å²) in [7, 11) is 1.50. The number of methoxy groups -OCH3 is 1. The van der Waals surface area contributed by atoms with Gasteiger partial charge in [0, 0.05) is 16.6 Å². The number of halogens is 2. The van der Waals surface area contributed by atoms with Crippen LogP contribution in [-0.4, -0.2) is 7.11 Å². The van der Waals surface area contributed by atoms with E-state index in [1.165, 1.54) is 7.11 Å². The van der Waals surface area contributed by atoms with E-state index in [1.54, 1.807) is 12.1 Å². The predicted octanol–water partition coefficient (Wildman–Crippen LogP) is 2.92. The highest BCUT2D eigenvalue weighted by Gasteiger charge is 2.15. The lowest BCUT2D eigenvalue weighted by Crippen LogP contribution is -2.11. The molecule has 0 amide bonds. The summed E-state index contributed by atoms with van der Waals surface area (Å²) in [6.45, 7) is 0. The van der Waals surface area contributed by atoms with Crippen molar-refractivity contribution in [3.63, 3.8) is 0 Å². The lowest BCUT2D eigenvalue weighted by atomic mass is 10.0. The van der Waals surface area contributed by atoms with Gasteiger partial charge in [-0.1, -0.05) is 23.2 Å². The second kappa shape index (κ2) is 5.22. The average molecular weight is 245 g/mol. The van der Waals surface area contributed by atoms with E-state index in [2.05, 4.69) is 0 Å². The molecule has 1 aromatic rings. The van der Waals surface area contributed by atoms with Gasteiger partial charge in [-0.05, 0) is 12.1 Å². The van der Waals surface area contributed by atoms with E-state index in [4.69, 9.17) is 38.9 Å². The zero-order valence-electron chi connectivity index (χ0n) is 8.13. The van der Waals surface area contributed by atoms with Crippen molar-refractivity contribution in [2.45, 2.75) is 12.5 Å². The van der Waals surface area contributed by atoms with Crippen molar-refractivity contribution >= 4 is 23.2 Å². The van der Waals surface area contributed by atoms with Gasteiger partial charge in [0.05, 0.1) is 24.6 Å². The number of nitriles is 1. The maximum absolute atomic E-state index is 8.56. The summed E-state index contributed by atoms with van der Waals surface area (Å²) >= 11 is 11.8. The third-order valence-electron chi connectivity index (χ3n) is 1.95. The van der Waals surface area contributed by atoms with Crippen LogP contribution in [0.25, 0.3) is 0 Å². The van der Waals surface area contributed by atoms with Crippen LogP contribution in [0.2, 0.25) is 10.0 Å². The Labute approximate surface area is 98.3 Å². The van der Waals surface area contributed by atoms with Crippen LogP contribution in [0.5, 0.6) is 5.75 Å². The summed E-state index contributed by atoms with van der Waals surface area (Å²) in [4.78, 5) is 0. The van der Waals surface area contributed by atoms with Gasteiger partial charge in [-0.2, -0.15) is 5.26 Å². The molecular weight excluding hydrogens is 235 g/mol. The van der Waals surface area contributed by atoms with Gasteiger partial charge in [0.1, 0.15) is 5.75 Å². The van der Waals surface area contributed by atoms with Crippen LogP contribution < -0.4 is 10.5 Å². The Hall–Kier alpha value is -0.950. The van der Waals surface area contributed by atoms with Gasteiger partial charge >= 0.3 is 0 Å². The molecule has 0 aliphatic heterocycles. The van der Waals surface area contributed by atoms with E-state index in [9.17, 15) is 0 Å². The molecular formula is C10H10Cl2N2O. The first-order valence-electron chi connectivity index (χ1n) is 4.25. The third-order valence-corrected chi connectivity index (χ3v) is 2.45. The van der Waals surface area contributed by atoms with Crippen LogP contribution in [0, 0.1) is 11.3 Å². The largest absolute Gasteiger partial charge is 0.495 e. The highest BCUT2D eigenvalue weighted by molar-refractivity contribution is 6.35.